The van der Waals surface area contributed by atoms with Crippen molar-refractivity contribution in [3.8, 4) is 0 Å². The third kappa shape index (κ3) is 8.44. The van der Waals surface area contributed by atoms with E-state index in [1.54, 1.807) is 6.92 Å². The van der Waals surface area contributed by atoms with Crippen molar-refractivity contribution in [1.82, 2.24) is 9.55 Å². The molecule has 0 aliphatic heterocycles. The smallest absolute Gasteiger partial charge is 0.433 e. The molecule has 25 heavy (non-hydrogen) atoms. The summed E-state index contributed by atoms with van der Waals surface area (Å²) in [5.74, 6) is 1.17. The van der Waals surface area contributed by atoms with Crippen LogP contribution in [0.25, 0.3) is 0 Å². The van der Waals surface area contributed by atoms with Gasteiger partial charge in [-0.2, -0.15) is 0 Å². The lowest BCUT2D eigenvalue weighted by atomic mass is 10.6. The lowest BCUT2D eigenvalue weighted by Gasteiger charge is -2.06. The Bertz CT molecular complexity index is 597. The molecule has 0 spiro atoms. The van der Waals surface area contributed by atoms with E-state index in [2.05, 4.69) is 9.82 Å². The molecule has 12 nitrogen and oxygen atoms in total. The Morgan fingerprint density at radius 1 is 1.20 bits per heavy atom. The van der Waals surface area contributed by atoms with Crippen molar-refractivity contribution >= 4 is 33.6 Å². The zero-order valence-electron chi connectivity index (χ0n) is 13.2. The van der Waals surface area contributed by atoms with Crippen LogP contribution in [0.15, 0.2) is 6.20 Å². The summed E-state index contributed by atoms with van der Waals surface area (Å²) in [5.41, 5.74) is 0. The minimum atomic E-state index is -0.872. The van der Waals surface area contributed by atoms with Gasteiger partial charge in [0.05, 0.1) is 0 Å². The molecule has 14 heteroatoms. The average Bonchev–Trinajstić information content (AvgIpc) is 2.91. The van der Waals surface area contributed by atoms with Crippen LogP contribution in [0.4, 0.5) is 10.6 Å². The van der Waals surface area contributed by atoms with Gasteiger partial charge in [0.1, 0.15) is 32.6 Å². The molecule has 0 bridgehead atoms. The van der Waals surface area contributed by atoms with Crippen molar-refractivity contribution in [2.24, 2.45) is 0 Å². The van der Waals surface area contributed by atoms with Crippen molar-refractivity contribution in [2.45, 2.75) is 13.5 Å². The van der Waals surface area contributed by atoms with Gasteiger partial charge in [0.15, 0.2) is 5.82 Å². The molecule has 0 aromatic carbocycles. The van der Waals surface area contributed by atoms with E-state index in [-0.39, 0.29) is 32.2 Å². The standard InChI is InChI=1S/C11H16N4O8S2/c1-9-12-8-10(14(17)18)13(9)2-3-21-11(16)22-4-6-24-25-7-5-23-15(19)20/h8H,2-7H2,1H3. The number of carbonyl (C=O) groups is 1. The summed E-state index contributed by atoms with van der Waals surface area (Å²) in [7, 11) is 2.72. The van der Waals surface area contributed by atoms with E-state index >= 15 is 0 Å². The van der Waals surface area contributed by atoms with Gasteiger partial charge < -0.3 is 24.4 Å². The van der Waals surface area contributed by atoms with Gasteiger partial charge in [-0.25, -0.2) is 14.3 Å². The fraction of sp³-hybridized carbons (Fsp3) is 0.636. The number of nitro groups is 1. The third-order valence-electron chi connectivity index (χ3n) is 2.59. The highest BCUT2D eigenvalue weighted by Gasteiger charge is 2.17. The Balaban J connectivity index is 2.09. The molecule has 1 aromatic heterocycles. The van der Waals surface area contributed by atoms with Gasteiger partial charge >= 0.3 is 12.0 Å². The van der Waals surface area contributed by atoms with Gasteiger partial charge in [-0.3, -0.25) is 0 Å². The number of hydrogen-bond donors (Lipinski definition) is 0. The number of aryl methyl sites for hydroxylation is 1. The highest BCUT2D eigenvalue weighted by atomic mass is 33.1. The minimum absolute atomic E-state index is 0.00658. The monoisotopic (exact) mass is 396 g/mol. The van der Waals surface area contributed by atoms with Crippen LogP contribution in [0.3, 0.4) is 0 Å². The first-order valence-corrected chi connectivity index (χ1v) is 9.38. The summed E-state index contributed by atoms with van der Waals surface area (Å²) in [5, 5.41) is 19.8. The summed E-state index contributed by atoms with van der Waals surface area (Å²) in [6.45, 7) is 1.72. The van der Waals surface area contributed by atoms with Gasteiger partial charge in [-0.05, 0) is 4.92 Å². The summed E-state index contributed by atoms with van der Waals surface area (Å²) < 4.78 is 11.0. The van der Waals surface area contributed by atoms with Crippen LogP contribution in [0.2, 0.25) is 0 Å². The molecule has 0 fully saturated rings. The molecule has 0 N–H and O–H groups in total. The number of hydrogen-bond acceptors (Lipinski definition) is 11. The molecular formula is C11H16N4O8S2. The SMILES string of the molecule is Cc1ncc([N+](=O)[O-])n1CCOC(=O)OCCSSCCO[N+](=O)[O-]. The molecule has 0 saturated carbocycles. The Kier molecular flexibility index (Phi) is 9.46. The number of nitrogens with zero attached hydrogens (tertiary/aromatic N) is 4. The fourth-order valence-corrected chi connectivity index (χ4v) is 3.21. The molecule has 1 aromatic rings. The second kappa shape index (κ2) is 11.4. The molecule has 140 valence electrons. The van der Waals surface area contributed by atoms with Crippen LogP contribution in [-0.2, 0) is 20.9 Å². The summed E-state index contributed by atoms with van der Waals surface area (Å²) in [6, 6.07) is 0. The van der Waals surface area contributed by atoms with Gasteiger partial charge in [0.2, 0.25) is 0 Å². The van der Waals surface area contributed by atoms with E-state index in [0.717, 1.165) is 6.20 Å². The molecule has 1 rings (SSSR count). The molecule has 0 aliphatic rings. The van der Waals surface area contributed by atoms with Gasteiger partial charge in [-0.1, -0.05) is 21.6 Å². The van der Waals surface area contributed by atoms with E-state index in [9.17, 15) is 25.0 Å². The first-order valence-electron chi connectivity index (χ1n) is 6.89. The fourth-order valence-electron chi connectivity index (χ4n) is 1.56. The molecule has 0 radical (unpaired) electrons. The zero-order valence-corrected chi connectivity index (χ0v) is 14.8. The summed E-state index contributed by atoms with van der Waals surface area (Å²) in [4.78, 5) is 39.5. The maximum atomic E-state index is 11.4. The maximum Gasteiger partial charge on any atom is 0.508 e. The molecule has 0 unspecified atom stereocenters. The van der Waals surface area contributed by atoms with Gasteiger partial charge in [0.25, 0.3) is 5.09 Å². The van der Waals surface area contributed by atoms with E-state index < -0.39 is 16.2 Å². The largest absolute Gasteiger partial charge is 0.508 e. The van der Waals surface area contributed by atoms with Gasteiger partial charge in [0, 0.05) is 18.4 Å². The molecule has 1 heterocycles. The zero-order chi connectivity index (χ0) is 18.7. The van der Waals surface area contributed by atoms with Crippen LogP contribution in [0.5, 0.6) is 0 Å². The summed E-state index contributed by atoms with van der Waals surface area (Å²) >= 11 is 0. The first-order chi connectivity index (χ1) is 11.9. The van der Waals surface area contributed by atoms with E-state index in [4.69, 9.17) is 9.47 Å². The van der Waals surface area contributed by atoms with Crippen molar-refractivity contribution in [2.75, 3.05) is 31.3 Å². The second-order valence-electron chi connectivity index (χ2n) is 4.22. The molecule has 0 saturated heterocycles. The highest BCUT2D eigenvalue weighted by Crippen LogP contribution is 2.20. The number of ether oxygens (including phenoxy) is 2. The van der Waals surface area contributed by atoms with Crippen LogP contribution in [0, 0.1) is 27.2 Å². The Hall–Kier alpha value is -2.22. The Labute approximate surface area is 149 Å². The molecule has 0 aliphatic carbocycles. The van der Waals surface area contributed by atoms with Crippen molar-refractivity contribution in [1.29, 1.82) is 0 Å². The topological polar surface area (TPSA) is 149 Å². The predicted octanol–water partition coefficient (Wildman–Crippen LogP) is 1.84. The minimum Gasteiger partial charge on any atom is -0.433 e. The average molecular weight is 396 g/mol. The van der Waals surface area contributed by atoms with Crippen LogP contribution < -0.4 is 0 Å². The Morgan fingerprint density at radius 2 is 1.84 bits per heavy atom. The number of rotatable bonds is 12. The highest BCUT2D eigenvalue weighted by molar-refractivity contribution is 8.76. The molecule has 0 amide bonds. The van der Waals surface area contributed by atoms with Crippen LogP contribution >= 0.6 is 21.6 Å². The summed E-state index contributed by atoms with van der Waals surface area (Å²) in [6.07, 6.45) is 0.266. The van der Waals surface area contributed by atoms with Crippen LogP contribution in [-0.4, -0.2) is 57.0 Å². The maximum absolute atomic E-state index is 11.4. The van der Waals surface area contributed by atoms with E-state index in [1.807, 2.05) is 0 Å². The quantitative estimate of drug-likeness (QED) is 0.167. The van der Waals surface area contributed by atoms with Crippen LogP contribution in [0.1, 0.15) is 5.82 Å². The third-order valence-corrected chi connectivity index (χ3v) is 4.92. The second-order valence-corrected chi connectivity index (χ2v) is 6.92. The number of carbonyl (C=O) groups excluding carboxylic acids is 1. The first kappa shape index (κ1) is 20.8. The Morgan fingerprint density at radius 3 is 2.48 bits per heavy atom. The predicted molar refractivity (Wildman–Crippen MR) is 88.8 cm³/mol. The van der Waals surface area contributed by atoms with Crippen molar-refractivity contribution in [3.05, 3.63) is 32.2 Å². The van der Waals surface area contributed by atoms with E-state index in [0.29, 0.717) is 17.3 Å². The molecular weight excluding hydrogens is 380 g/mol. The van der Waals surface area contributed by atoms with Crippen molar-refractivity contribution in [3.63, 3.8) is 0 Å². The van der Waals surface area contributed by atoms with Gasteiger partial charge in [-0.15, -0.1) is 10.1 Å². The van der Waals surface area contributed by atoms with Crippen molar-refractivity contribution < 1.29 is 29.1 Å². The lowest BCUT2D eigenvalue weighted by Crippen LogP contribution is -2.15. The lowest BCUT2D eigenvalue weighted by molar-refractivity contribution is -0.756. The normalized spacial score (nSPS) is 10.3. The van der Waals surface area contributed by atoms with E-state index in [1.165, 1.54) is 26.2 Å². The molecule has 0 atom stereocenters. The number of aromatic nitrogens is 2. The number of imidazole rings is 1.